The minimum Gasteiger partial charge on any atom is -0.459 e. The quantitative estimate of drug-likeness (QED) is 0.464. The monoisotopic (exact) mass is 396 g/mol. The average molecular weight is 397 g/mol. The molecule has 3 nitrogen and oxygen atoms in total. The molecule has 0 saturated carbocycles. The van der Waals surface area contributed by atoms with Gasteiger partial charge >= 0.3 is 0 Å². The predicted molar refractivity (Wildman–Crippen MR) is 107 cm³/mol. The summed E-state index contributed by atoms with van der Waals surface area (Å²) in [5, 5.41) is 0. The van der Waals surface area contributed by atoms with Gasteiger partial charge in [0.25, 0.3) is 0 Å². The third-order valence-electron chi connectivity index (χ3n) is 1.81. The number of aromatic nitrogens is 1. The van der Waals surface area contributed by atoms with Crippen LogP contribution >= 0.6 is 27.3 Å². The highest BCUT2D eigenvalue weighted by Gasteiger charge is 1.89. The van der Waals surface area contributed by atoms with E-state index in [-0.39, 0.29) is 0 Å². The maximum Gasteiger partial charge on any atom is 0.120 e. The molecule has 1 aromatic heterocycles. The van der Waals surface area contributed by atoms with Gasteiger partial charge in [-0.3, -0.25) is 4.98 Å². The van der Waals surface area contributed by atoms with E-state index in [1.54, 1.807) is 53.5 Å². The second-order valence-electron chi connectivity index (χ2n) is 3.77. The van der Waals surface area contributed by atoms with E-state index < -0.39 is 0 Å². The normalized spacial score (nSPS) is 9.87. The van der Waals surface area contributed by atoms with Gasteiger partial charge in [0.1, 0.15) is 11.5 Å². The third-order valence-corrected chi connectivity index (χ3v) is 3.13. The van der Waals surface area contributed by atoms with Gasteiger partial charge in [-0.05, 0) is 47.6 Å². The number of ether oxygens (including phenoxy) is 1. The average Bonchev–Trinajstić information content (AvgIpc) is 2.98. The number of rotatable bonds is 6. The predicted octanol–water partition coefficient (Wildman–Crippen LogP) is 6.12. The molecule has 1 rings (SSSR count). The molecule has 0 aliphatic carbocycles. The van der Waals surface area contributed by atoms with Gasteiger partial charge in [-0.1, -0.05) is 51.0 Å². The van der Waals surface area contributed by atoms with Crippen molar-refractivity contribution in [2.24, 2.45) is 5.73 Å². The first-order valence-electron chi connectivity index (χ1n) is 6.89. The van der Waals surface area contributed by atoms with Gasteiger partial charge in [-0.15, -0.1) is 11.3 Å². The van der Waals surface area contributed by atoms with Crippen LogP contribution in [-0.2, 0) is 4.74 Å². The van der Waals surface area contributed by atoms with Crippen molar-refractivity contribution >= 4 is 27.3 Å². The minimum atomic E-state index is 0.554. The number of halogens is 1. The summed E-state index contributed by atoms with van der Waals surface area (Å²) >= 11 is 4.82. The fourth-order valence-electron chi connectivity index (χ4n) is 0.934. The van der Waals surface area contributed by atoms with E-state index in [1.165, 1.54) is 0 Å². The molecule has 0 aromatic carbocycles. The van der Waals surface area contributed by atoms with Crippen LogP contribution < -0.4 is 5.73 Å². The lowest BCUT2D eigenvalue weighted by Gasteiger charge is -2.02. The van der Waals surface area contributed by atoms with Gasteiger partial charge < -0.3 is 10.5 Å². The van der Waals surface area contributed by atoms with Crippen LogP contribution in [0.15, 0.2) is 89.4 Å². The molecule has 0 unspecified atom stereocenters. The van der Waals surface area contributed by atoms with Crippen LogP contribution in [-0.4, -0.2) is 4.98 Å². The van der Waals surface area contributed by atoms with Gasteiger partial charge in [0.15, 0.2) is 0 Å². The minimum absolute atomic E-state index is 0.554. The molecule has 0 aliphatic heterocycles. The Morgan fingerprint density at radius 1 is 1.39 bits per heavy atom. The van der Waals surface area contributed by atoms with Crippen LogP contribution in [0.3, 0.4) is 0 Å². The summed E-state index contributed by atoms with van der Waals surface area (Å²) in [6, 6.07) is 0. The molecule has 0 radical (unpaired) electrons. The summed E-state index contributed by atoms with van der Waals surface area (Å²) < 4.78 is 6.27. The fourth-order valence-corrected chi connectivity index (χ4v) is 1.65. The Balaban J connectivity index is 0. The highest BCUT2D eigenvalue weighted by Crippen LogP contribution is 2.12. The van der Waals surface area contributed by atoms with Crippen LogP contribution in [0.1, 0.15) is 20.3 Å². The summed E-state index contributed by atoms with van der Waals surface area (Å²) in [6.45, 7) is 14.8. The SMILES string of the molecule is Brc1cncs1.C=C/C=C\C(=C)OC(=C)/C=C\C.CC/C=C/N. The van der Waals surface area contributed by atoms with Gasteiger partial charge in [0.2, 0.25) is 0 Å². The summed E-state index contributed by atoms with van der Waals surface area (Å²) in [5.74, 6) is 1.13. The molecule has 0 bridgehead atoms. The van der Waals surface area contributed by atoms with Crippen LogP contribution in [0.25, 0.3) is 0 Å². The summed E-state index contributed by atoms with van der Waals surface area (Å²) in [6.07, 6.45) is 15.0. The van der Waals surface area contributed by atoms with E-state index in [9.17, 15) is 0 Å². The van der Waals surface area contributed by atoms with Crippen molar-refractivity contribution in [3.63, 3.8) is 0 Å². The molecular weight excluding hydrogens is 372 g/mol. The van der Waals surface area contributed by atoms with Crippen molar-refractivity contribution in [2.45, 2.75) is 20.3 Å². The Labute approximate surface area is 152 Å². The molecule has 0 atom stereocenters. The van der Waals surface area contributed by atoms with E-state index in [0.717, 1.165) is 10.2 Å². The van der Waals surface area contributed by atoms with Gasteiger partial charge in [-0.2, -0.15) is 0 Å². The number of allylic oxidation sites excluding steroid dienone is 6. The first kappa shape index (κ1) is 23.4. The highest BCUT2D eigenvalue weighted by molar-refractivity contribution is 9.11. The fraction of sp³-hybridized carbons (Fsp3) is 0.167. The summed E-state index contributed by atoms with van der Waals surface area (Å²) in [5.41, 5.74) is 6.74. The third kappa shape index (κ3) is 20.2. The molecule has 0 amide bonds. The molecule has 0 aliphatic rings. The number of nitrogens with two attached hydrogens (primary N) is 1. The Bertz CT molecular complexity index is 517. The van der Waals surface area contributed by atoms with Crippen LogP contribution in [0, 0.1) is 0 Å². The topological polar surface area (TPSA) is 48.1 Å². The maximum atomic E-state index is 5.18. The van der Waals surface area contributed by atoms with Crippen molar-refractivity contribution in [3.8, 4) is 0 Å². The Hall–Kier alpha value is -1.85. The van der Waals surface area contributed by atoms with Crippen molar-refractivity contribution in [1.82, 2.24) is 4.98 Å². The molecule has 2 N–H and O–H groups in total. The Morgan fingerprint density at radius 3 is 2.35 bits per heavy atom. The van der Waals surface area contributed by atoms with Gasteiger partial charge in [0, 0.05) is 0 Å². The van der Waals surface area contributed by atoms with Crippen LogP contribution in [0.2, 0.25) is 0 Å². The van der Waals surface area contributed by atoms with E-state index in [4.69, 9.17) is 10.5 Å². The van der Waals surface area contributed by atoms with E-state index in [0.29, 0.717) is 11.5 Å². The second-order valence-corrected chi connectivity index (χ2v) is 6.04. The largest absolute Gasteiger partial charge is 0.459 e. The standard InChI is InChI=1S/C11H14O.C4H9N.C3H2BrNS/c1-5-7-9-11(4)12-10(3)8-6-2;1-2-3-4-5;4-3-1-5-2-6-3/h5-9H,1,3-4H2,2H3;3-4H,2,5H2,1H3;1-2H/b8-6-,9-7-;4-3+;. The van der Waals surface area contributed by atoms with E-state index in [2.05, 4.69) is 40.7 Å². The number of nitrogens with zero attached hydrogens (tertiary/aromatic N) is 1. The molecule has 23 heavy (non-hydrogen) atoms. The summed E-state index contributed by atoms with van der Waals surface area (Å²) in [4.78, 5) is 3.79. The molecule has 0 spiro atoms. The van der Waals surface area contributed by atoms with Crippen LogP contribution in [0.4, 0.5) is 0 Å². The molecule has 0 fully saturated rings. The molecule has 126 valence electrons. The zero-order valence-corrected chi connectivity index (χ0v) is 16.1. The van der Waals surface area contributed by atoms with E-state index >= 15 is 0 Å². The Morgan fingerprint density at radius 2 is 2.04 bits per heavy atom. The molecule has 5 heteroatoms. The number of thiazole rings is 1. The van der Waals surface area contributed by atoms with Crippen molar-refractivity contribution in [3.05, 3.63) is 89.4 Å². The maximum absolute atomic E-state index is 5.18. The zero-order chi connectivity index (χ0) is 17.9. The lowest BCUT2D eigenvalue weighted by Crippen LogP contribution is -1.83. The van der Waals surface area contributed by atoms with Crippen molar-refractivity contribution in [1.29, 1.82) is 0 Å². The molecule has 1 aromatic rings. The molecular formula is C18H25BrN2OS. The van der Waals surface area contributed by atoms with E-state index in [1.807, 2.05) is 26.0 Å². The van der Waals surface area contributed by atoms with Crippen LogP contribution in [0.5, 0.6) is 0 Å². The van der Waals surface area contributed by atoms with Gasteiger partial charge in [0.05, 0.1) is 15.5 Å². The lowest BCUT2D eigenvalue weighted by atomic mass is 10.4. The Kier molecular flexibility index (Phi) is 18.5. The zero-order valence-electron chi connectivity index (χ0n) is 13.7. The van der Waals surface area contributed by atoms with Gasteiger partial charge in [-0.25, -0.2) is 0 Å². The molecule has 0 saturated heterocycles. The second kappa shape index (κ2) is 18.2. The smallest absolute Gasteiger partial charge is 0.120 e. The first-order chi connectivity index (χ1) is 11.0. The van der Waals surface area contributed by atoms with Crippen molar-refractivity contribution < 1.29 is 4.74 Å². The highest BCUT2D eigenvalue weighted by atomic mass is 79.9. The summed E-state index contributed by atoms with van der Waals surface area (Å²) in [7, 11) is 0. The lowest BCUT2D eigenvalue weighted by molar-refractivity contribution is 0.340. The number of hydrogen-bond donors (Lipinski definition) is 1. The van der Waals surface area contributed by atoms with Crippen molar-refractivity contribution in [2.75, 3.05) is 0 Å². The molecule has 1 heterocycles. The first-order valence-corrected chi connectivity index (χ1v) is 8.57. The number of hydrogen-bond acceptors (Lipinski definition) is 4.